The van der Waals surface area contributed by atoms with Crippen molar-refractivity contribution in [2.45, 2.75) is 25.3 Å². The number of hydrogen-bond donors (Lipinski definition) is 1. The molecule has 1 aliphatic rings. The van der Waals surface area contributed by atoms with Crippen LogP contribution in [-0.2, 0) is 0 Å². The van der Waals surface area contributed by atoms with E-state index in [9.17, 15) is 10.1 Å². The van der Waals surface area contributed by atoms with Gasteiger partial charge in [0.15, 0.2) is 0 Å². The molecule has 5 nitrogen and oxygen atoms in total. The first-order chi connectivity index (χ1) is 8.72. The molecule has 98 valence electrons. The van der Waals surface area contributed by atoms with E-state index in [4.69, 9.17) is 5.73 Å². The van der Waals surface area contributed by atoms with E-state index in [1.165, 1.54) is 25.3 Å². The summed E-state index contributed by atoms with van der Waals surface area (Å²) in [5.74, 6) is 0. The van der Waals surface area contributed by atoms with E-state index < -0.39 is 0 Å². The van der Waals surface area contributed by atoms with Crippen LogP contribution in [0.3, 0.4) is 0 Å². The van der Waals surface area contributed by atoms with Crippen LogP contribution in [0.2, 0.25) is 0 Å². The Morgan fingerprint density at radius 1 is 1.33 bits per heavy atom. The molecule has 5 heteroatoms. The van der Waals surface area contributed by atoms with E-state index in [0.29, 0.717) is 6.54 Å². The van der Waals surface area contributed by atoms with Gasteiger partial charge >= 0.3 is 0 Å². The molecule has 1 heterocycles. The molecule has 0 saturated carbocycles. The van der Waals surface area contributed by atoms with E-state index in [1.54, 1.807) is 12.1 Å². The molecule has 0 bridgehead atoms. The number of nitro benzene ring substituents is 1. The SMILES string of the molecule is NCC(c1cccc([N+](=O)[O-])c1)N1CCCCC1. The summed E-state index contributed by atoms with van der Waals surface area (Å²) < 4.78 is 0. The zero-order valence-corrected chi connectivity index (χ0v) is 10.4. The average molecular weight is 249 g/mol. The van der Waals surface area contributed by atoms with Crippen molar-refractivity contribution in [2.75, 3.05) is 19.6 Å². The van der Waals surface area contributed by atoms with E-state index in [0.717, 1.165) is 18.7 Å². The van der Waals surface area contributed by atoms with Crippen LogP contribution in [0.15, 0.2) is 24.3 Å². The number of nitrogens with zero attached hydrogens (tertiary/aromatic N) is 2. The van der Waals surface area contributed by atoms with Gasteiger partial charge in [0.1, 0.15) is 0 Å². The van der Waals surface area contributed by atoms with Crippen molar-refractivity contribution in [1.29, 1.82) is 0 Å². The highest BCUT2D eigenvalue weighted by molar-refractivity contribution is 5.36. The smallest absolute Gasteiger partial charge is 0.269 e. The predicted octanol–water partition coefficient (Wildman–Crippen LogP) is 2.08. The fourth-order valence-electron chi connectivity index (χ4n) is 2.57. The van der Waals surface area contributed by atoms with Gasteiger partial charge in [-0.25, -0.2) is 0 Å². The molecule has 0 amide bonds. The molecule has 1 unspecified atom stereocenters. The highest BCUT2D eigenvalue weighted by Gasteiger charge is 2.22. The lowest BCUT2D eigenvalue weighted by Gasteiger charge is -2.34. The third-order valence-corrected chi connectivity index (χ3v) is 3.52. The van der Waals surface area contributed by atoms with E-state index >= 15 is 0 Å². The van der Waals surface area contributed by atoms with Gasteiger partial charge in [0.25, 0.3) is 5.69 Å². The number of non-ortho nitro benzene ring substituents is 1. The Hall–Kier alpha value is -1.46. The molecule has 1 aliphatic heterocycles. The monoisotopic (exact) mass is 249 g/mol. The maximum Gasteiger partial charge on any atom is 0.269 e. The first kappa shape index (κ1) is 13.0. The second-order valence-electron chi connectivity index (χ2n) is 4.70. The van der Waals surface area contributed by atoms with Gasteiger partial charge in [-0.05, 0) is 31.5 Å². The lowest BCUT2D eigenvalue weighted by molar-refractivity contribution is -0.385. The molecule has 1 atom stereocenters. The van der Waals surface area contributed by atoms with Crippen molar-refractivity contribution in [3.63, 3.8) is 0 Å². The van der Waals surface area contributed by atoms with Crippen LogP contribution in [0.1, 0.15) is 30.9 Å². The maximum absolute atomic E-state index is 10.8. The third-order valence-electron chi connectivity index (χ3n) is 3.52. The highest BCUT2D eigenvalue weighted by atomic mass is 16.6. The van der Waals surface area contributed by atoms with Crippen molar-refractivity contribution in [3.8, 4) is 0 Å². The molecule has 0 radical (unpaired) electrons. The van der Waals surface area contributed by atoms with Gasteiger partial charge < -0.3 is 5.73 Å². The lowest BCUT2D eigenvalue weighted by atomic mass is 10.0. The Morgan fingerprint density at radius 2 is 2.06 bits per heavy atom. The number of nitro groups is 1. The maximum atomic E-state index is 10.8. The van der Waals surface area contributed by atoms with Crippen molar-refractivity contribution < 1.29 is 4.92 Å². The first-order valence-electron chi connectivity index (χ1n) is 6.41. The van der Waals surface area contributed by atoms with Crippen molar-refractivity contribution in [3.05, 3.63) is 39.9 Å². The Morgan fingerprint density at radius 3 is 2.67 bits per heavy atom. The molecule has 1 fully saturated rings. The van der Waals surface area contributed by atoms with Crippen molar-refractivity contribution in [1.82, 2.24) is 4.90 Å². The van der Waals surface area contributed by atoms with Crippen LogP contribution < -0.4 is 5.73 Å². The predicted molar refractivity (Wildman–Crippen MR) is 70.3 cm³/mol. The standard InChI is InChI=1S/C13H19N3O2/c14-10-13(15-7-2-1-3-8-15)11-5-4-6-12(9-11)16(17)18/h4-6,9,13H,1-3,7-8,10,14H2. The highest BCUT2D eigenvalue weighted by Crippen LogP contribution is 2.26. The molecule has 0 spiro atoms. The van der Waals surface area contributed by atoms with Gasteiger partial charge in [-0.15, -0.1) is 0 Å². The molecule has 2 rings (SSSR count). The second kappa shape index (κ2) is 5.93. The third kappa shape index (κ3) is 2.86. The Bertz CT molecular complexity index is 416. The van der Waals surface area contributed by atoms with Crippen LogP contribution in [0.25, 0.3) is 0 Å². The van der Waals surface area contributed by atoms with Crippen molar-refractivity contribution in [2.24, 2.45) is 5.73 Å². The Kier molecular flexibility index (Phi) is 4.28. The van der Waals surface area contributed by atoms with Crippen LogP contribution >= 0.6 is 0 Å². The fourth-order valence-corrected chi connectivity index (χ4v) is 2.57. The second-order valence-corrected chi connectivity index (χ2v) is 4.70. The number of rotatable bonds is 4. The Labute approximate surface area is 107 Å². The summed E-state index contributed by atoms with van der Waals surface area (Å²) in [6.07, 6.45) is 3.64. The minimum absolute atomic E-state index is 0.102. The lowest BCUT2D eigenvalue weighted by Crippen LogP contribution is -2.37. The Balaban J connectivity index is 2.20. The summed E-state index contributed by atoms with van der Waals surface area (Å²) in [6, 6.07) is 6.93. The number of benzene rings is 1. The number of nitrogens with two attached hydrogens (primary N) is 1. The molecular weight excluding hydrogens is 230 g/mol. The van der Waals surface area contributed by atoms with Gasteiger partial charge in [0.2, 0.25) is 0 Å². The van der Waals surface area contributed by atoms with E-state index in [2.05, 4.69) is 4.90 Å². The topological polar surface area (TPSA) is 72.4 Å². The summed E-state index contributed by atoms with van der Waals surface area (Å²) in [4.78, 5) is 12.8. The van der Waals surface area contributed by atoms with Gasteiger partial charge in [-0.1, -0.05) is 18.6 Å². The van der Waals surface area contributed by atoms with Crippen LogP contribution in [0.5, 0.6) is 0 Å². The first-order valence-corrected chi connectivity index (χ1v) is 6.41. The molecule has 1 aromatic rings. The van der Waals surface area contributed by atoms with Crippen LogP contribution in [0, 0.1) is 10.1 Å². The minimum atomic E-state index is -0.354. The number of likely N-dealkylation sites (tertiary alicyclic amines) is 1. The molecule has 18 heavy (non-hydrogen) atoms. The molecule has 1 saturated heterocycles. The van der Waals surface area contributed by atoms with E-state index in [1.807, 2.05) is 6.07 Å². The summed E-state index contributed by atoms with van der Waals surface area (Å²) in [6.45, 7) is 2.57. The molecule has 0 aliphatic carbocycles. The zero-order chi connectivity index (χ0) is 13.0. The van der Waals surface area contributed by atoms with Gasteiger partial charge in [-0.2, -0.15) is 0 Å². The minimum Gasteiger partial charge on any atom is -0.329 e. The van der Waals surface area contributed by atoms with Gasteiger partial charge in [-0.3, -0.25) is 15.0 Å². The molecule has 1 aromatic carbocycles. The summed E-state index contributed by atoms with van der Waals surface area (Å²) in [5, 5.41) is 10.8. The number of hydrogen-bond acceptors (Lipinski definition) is 4. The molecule has 2 N–H and O–H groups in total. The largest absolute Gasteiger partial charge is 0.329 e. The quantitative estimate of drug-likeness (QED) is 0.655. The summed E-state index contributed by atoms with van der Waals surface area (Å²) in [5.41, 5.74) is 6.94. The van der Waals surface area contributed by atoms with Gasteiger partial charge in [0.05, 0.1) is 4.92 Å². The average Bonchev–Trinajstić information content (AvgIpc) is 2.41. The van der Waals surface area contributed by atoms with Gasteiger partial charge in [0, 0.05) is 24.7 Å². The van der Waals surface area contributed by atoms with E-state index in [-0.39, 0.29) is 16.7 Å². The molecule has 0 aromatic heterocycles. The normalized spacial score (nSPS) is 18.5. The molecular formula is C13H19N3O2. The zero-order valence-electron chi connectivity index (χ0n) is 10.4. The fraction of sp³-hybridized carbons (Fsp3) is 0.538. The van der Waals surface area contributed by atoms with Crippen LogP contribution in [-0.4, -0.2) is 29.5 Å². The van der Waals surface area contributed by atoms with Crippen molar-refractivity contribution >= 4 is 5.69 Å². The summed E-state index contributed by atoms with van der Waals surface area (Å²) >= 11 is 0. The number of piperidine rings is 1. The van der Waals surface area contributed by atoms with Crippen LogP contribution in [0.4, 0.5) is 5.69 Å². The summed E-state index contributed by atoms with van der Waals surface area (Å²) in [7, 11) is 0.